The van der Waals surface area contributed by atoms with Gasteiger partial charge in [-0.25, -0.2) is 0 Å². The summed E-state index contributed by atoms with van der Waals surface area (Å²) in [4.78, 5) is 41.4. The molecule has 2 aliphatic carbocycles. The monoisotopic (exact) mass is 467 g/mol. The molecule has 2 saturated carbocycles. The first-order chi connectivity index (χ1) is 16.3. The summed E-state index contributed by atoms with van der Waals surface area (Å²) < 4.78 is 5.44. The fraction of sp³-hybridized carbons (Fsp3) is 0.560. The van der Waals surface area contributed by atoms with E-state index >= 15 is 0 Å². The third kappa shape index (κ3) is 6.01. The van der Waals surface area contributed by atoms with Crippen molar-refractivity contribution in [1.82, 2.24) is 20.8 Å². The van der Waals surface area contributed by atoms with E-state index < -0.39 is 5.54 Å². The van der Waals surface area contributed by atoms with E-state index in [1.807, 2.05) is 13.0 Å². The Balaban J connectivity index is 1.37. The first-order valence-electron chi connectivity index (χ1n) is 12.2. The number of amides is 3. The number of benzene rings is 1. The van der Waals surface area contributed by atoms with Crippen LogP contribution in [-0.4, -0.2) is 33.9 Å². The highest BCUT2D eigenvalue weighted by Crippen LogP contribution is 2.34. The minimum Gasteiger partial charge on any atom is -0.349 e. The van der Waals surface area contributed by atoms with Crippen LogP contribution in [0.3, 0.4) is 0 Å². The van der Waals surface area contributed by atoms with Gasteiger partial charge in [-0.15, -0.1) is 0 Å². The molecule has 1 heterocycles. The first kappa shape index (κ1) is 23.9. The van der Waals surface area contributed by atoms with Crippen molar-refractivity contribution in [1.29, 1.82) is 0 Å². The summed E-state index contributed by atoms with van der Waals surface area (Å²) in [7, 11) is 0. The smallest absolute Gasteiger partial charge is 0.251 e. The van der Waals surface area contributed by atoms with Crippen LogP contribution in [0.15, 0.2) is 22.7 Å². The van der Waals surface area contributed by atoms with Crippen molar-refractivity contribution in [2.24, 2.45) is 0 Å². The zero-order valence-electron chi connectivity index (χ0n) is 19.9. The molecule has 9 nitrogen and oxygen atoms in total. The highest BCUT2D eigenvalue weighted by Gasteiger charge is 2.38. The molecule has 2 aromatic rings. The number of nitrogens with one attached hydrogen (secondary N) is 3. The number of anilines is 1. The maximum absolute atomic E-state index is 12.6. The van der Waals surface area contributed by atoms with Crippen molar-refractivity contribution < 1.29 is 18.9 Å². The van der Waals surface area contributed by atoms with E-state index in [9.17, 15) is 14.4 Å². The number of aryl methyl sites for hydroxylation is 2. The van der Waals surface area contributed by atoms with Gasteiger partial charge in [0.1, 0.15) is 5.54 Å². The van der Waals surface area contributed by atoms with Gasteiger partial charge >= 0.3 is 0 Å². The van der Waals surface area contributed by atoms with Crippen LogP contribution in [0.5, 0.6) is 0 Å². The molecule has 2 fully saturated rings. The maximum Gasteiger partial charge on any atom is 0.251 e. The zero-order valence-corrected chi connectivity index (χ0v) is 19.9. The molecule has 4 rings (SSSR count). The van der Waals surface area contributed by atoms with Crippen LogP contribution < -0.4 is 16.0 Å². The summed E-state index contributed by atoms with van der Waals surface area (Å²) >= 11 is 0. The van der Waals surface area contributed by atoms with Gasteiger partial charge in [0.2, 0.25) is 17.7 Å². The molecule has 2 aliphatic rings. The molecule has 9 heteroatoms. The van der Waals surface area contributed by atoms with Gasteiger partial charge in [-0.3, -0.25) is 14.4 Å². The fourth-order valence-electron chi connectivity index (χ4n) is 4.45. The molecular formula is C25H33N5O4. The lowest BCUT2D eigenvalue weighted by Gasteiger charge is -2.30. The van der Waals surface area contributed by atoms with Gasteiger partial charge in [-0.05, 0) is 50.3 Å². The van der Waals surface area contributed by atoms with E-state index in [0.29, 0.717) is 23.0 Å². The SMILES string of the molecule is CC(=O)NC1(c2noc(CCC(=O)Nc3cc(C(=O)NC4CC4)ccc3C)n2)CCCCCC1. The number of nitrogens with zero attached hydrogens (tertiary/aromatic N) is 2. The summed E-state index contributed by atoms with van der Waals surface area (Å²) in [5.41, 5.74) is 1.41. The van der Waals surface area contributed by atoms with Gasteiger partial charge in [-0.2, -0.15) is 4.98 Å². The second-order valence-corrected chi connectivity index (χ2v) is 9.51. The molecular weight excluding hydrogens is 434 g/mol. The Morgan fingerprint density at radius 2 is 1.85 bits per heavy atom. The minimum absolute atomic E-state index is 0.115. The first-order valence-corrected chi connectivity index (χ1v) is 12.2. The molecule has 0 atom stereocenters. The third-order valence-electron chi connectivity index (χ3n) is 6.52. The number of hydrogen-bond acceptors (Lipinski definition) is 6. The molecule has 0 unspecified atom stereocenters. The van der Waals surface area contributed by atoms with Crippen LogP contribution in [0.1, 0.15) is 92.3 Å². The summed E-state index contributed by atoms with van der Waals surface area (Å²) in [6.45, 7) is 3.39. The standard InChI is InChI=1S/C25H33N5O4/c1-16-7-8-18(23(33)26-19-9-10-19)15-20(16)27-21(32)11-12-22-28-24(30-34-22)25(29-17(2)31)13-5-3-4-6-14-25/h7-8,15,19H,3-6,9-14H2,1-2H3,(H,26,33)(H,27,32)(H,29,31). The number of carbonyl (C=O) groups is 3. The van der Waals surface area contributed by atoms with E-state index in [2.05, 4.69) is 26.1 Å². The van der Waals surface area contributed by atoms with E-state index in [0.717, 1.165) is 56.9 Å². The molecule has 182 valence electrons. The molecule has 1 aromatic carbocycles. The van der Waals surface area contributed by atoms with Crippen LogP contribution in [0.2, 0.25) is 0 Å². The predicted octanol–water partition coefficient (Wildman–Crippen LogP) is 3.53. The number of hydrogen-bond donors (Lipinski definition) is 3. The summed E-state index contributed by atoms with van der Waals surface area (Å²) in [6.07, 6.45) is 8.25. The Morgan fingerprint density at radius 3 is 2.53 bits per heavy atom. The average molecular weight is 468 g/mol. The second-order valence-electron chi connectivity index (χ2n) is 9.51. The fourth-order valence-corrected chi connectivity index (χ4v) is 4.45. The quantitative estimate of drug-likeness (QED) is 0.510. The minimum atomic E-state index is -0.606. The topological polar surface area (TPSA) is 126 Å². The second kappa shape index (κ2) is 10.4. The van der Waals surface area contributed by atoms with Gasteiger partial charge in [0.05, 0.1) is 0 Å². The average Bonchev–Trinajstić information content (AvgIpc) is 3.53. The Kier molecular flexibility index (Phi) is 7.29. The predicted molar refractivity (Wildman–Crippen MR) is 126 cm³/mol. The van der Waals surface area contributed by atoms with Crippen LogP contribution in [0.4, 0.5) is 5.69 Å². The van der Waals surface area contributed by atoms with Crippen LogP contribution in [0, 0.1) is 6.92 Å². The summed E-state index contributed by atoms with van der Waals surface area (Å²) in [6, 6.07) is 5.57. The lowest BCUT2D eigenvalue weighted by atomic mass is 9.89. The Labute approximate surface area is 199 Å². The largest absolute Gasteiger partial charge is 0.349 e. The lowest BCUT2D eigenvalue weighted by Crippen LogP contribution is -2.45. The van der Waals surface area contributed by atoms with Crippen molar-refractivity contribution in [2.75, 3.05) is 5.32 Å². The highest BCUT2D eigenvalue weighted by molar-refractivity contribution is 5.98. The van der Waals surface area contributed by atoms with E-state index in [4.69, 9.17) is 4.52 Å². The number of rotatable bonds is 8. The van der Waals surface area contributed by atoms with Gasteiger partial charge in [0.15, 0.2) is 5.82 Å². The summed E-state index contributed by atoms with van der Waals surface area (Å²) in [5.74, 6) is 0.423. The van der Waals surface area contributed by atoms with Crippen LogP contribution in [0.25, 0.3) is 0 Å². The van der Waals surface area contributed by atoms with Crippen molar-refractivity contribution in [3.63, 3.8) is 0 Å². The summed E-state index contributed by atoms with van der Waals surface area (Å²) in [5, 5.41) is 13.1. The molecule has 34 heavy (non-hydrogen) atoms. The van der Waals surface area contributed by atoms with Crippen molar-refractivity contribution in [3.8, 4) is 0 Å². The van der Waals surface area contributed by atoms with Crippen molar-refractivity contribution >= 4 is 23.4 Å². The molecule has 1 aromatic heterocycles. The Bertz CT molecular complexity index is 1050. The van der Waals surface area contributed by atoms with E-state index in [1.54, 1.807) is 12.1 Å². The molecule has 0 spiro atoms. The third-order valence-corrected chi connectivity index (χ3v) is 6.52. The van der Waals surface area contributed by atoms with Crippen LogP contribution in [-0.2, 0) is 21.5 Å². The van der Waals surface area contributed by atoms with Crippen molar-refractivity contribution in [3.05, 3.63) is 41.0 Å². The molecule has 0 radical (unpaired) electrons. The van der Waals surface area contributed by atoms with Crippen LogP contribution >= 0.6 is 0 Å². The number of aromatic nitrogens is 2. The lowest BCUT2D eigenvalue weighted by molar-refractivity contribution is -0.121. The van der Waals surface area contributed by atoms with Gasteiger partial charge in [-0.1, -0.05) is 36.9 Å². The highest BCUT2D eigenvalue weighted by atomic mass is 16.5. The molecule has 0 saturated heterocycles. The molecule has 3 N–H and O–H groups in total. The molecule has 0 bridgehead atoms. The van der Waals surface area contributed by atoms with E-state index in [-0.39, 0.29) is 36.6 Å². The Hall–Kier alpha value is -3.23. The van der Waals surface area contributed by atoms with Gasteiger partial charge in [0, 0.05) is 37.1 Å². The normalized spacial score (nSPS) is 17.5. The Morgan fingerprint density at radius 1 is 1.12 bits per heavy atom. The maximum atomic E-state index is 12.6. The van der Waals surface area contributed by atoms with Gasteiger partial charge < -0.3 is 20.5 Å². The van der Waals surface area contributed by atoms with Crippen molar-refractivity contribution in [2.45, 2.75) is 89.6 Å². The molecule has 3 amide bonds. The number of carbonyl (C=O) groups excluding carboxylic acids is 3. The van der Waals surface area contributed by atoms with E-state index in [1.165, 1.54) is 6.92 Å². The zero-order chi connectivity index (χ0) is 24.1. The molecule has 0 aliphatic heterocycles. The van der Waals surface area contributed by atoms with Gasteiger partial charge in [0.25, 0.3) is 5.91 Å².